The van der Waals surface area contributed by atoms with Crippen LogP contribution in [0.4, 0.5) is 0 Å². The van der Waals surface area contributed by atoms with Crippen LogP contribution in [0.5, 0.6) is 5.75 Å². The molecule has 1 aliphatic carbocycles. The van der Waals surface area contributed by atoms with E-state index >= 15 is 0 Å². The third-order valence-corrected chi connectivity index (χ3v) is 9.51. The molecule has 0 radical (unpaired) electrons. The number of rotatable bonds is 5. The standard InChI is InChI=1S/C46H32N2O.C2H6/c1-30-12-11-25-49-45-40(28-38-27-36-17-8-9-20-39(36)44(38)43(30)45)32-21-23-34(24-22-32)46-47-41(33-15-6-3-7-16-33)29-42(48-46)37-19-10-18-35(26-37)31-13-4-2-5-14-31;1-2/h2-24,26,28-29H,1,25,27H2;1-2H3. The minimum Gasteiger partial charge on any atom is -0.488 e. The number of allylic oxidation sites excluding steroid dienone is 2. The third-order valence-electron chi connectivity index (χ3n) is 9.51. The molecule has 0 saturated heterocycles. The largest absolute Gasteiger partial charge is 0.488 e. The van der Waals surface area contributed by atoms with Crippen molar-refractivity contribution < 1.29 is 4.74 Å². The SMILES string of the molecule is C=C1C=CCOc2c(-c3ccc(-c4nc(-c5ccccc5)cc(-c5cccc(-c6ccccc6)c5)n4)cc3)cc3c(c21)-c1ccccc1C3.CC. The van der Waals surface area contributed by atoms with Crippen LogP contribution in [0.15, 0.2) is 164 Å². The quantitative estimate of drug-likeness (QED) is 0.185. The molecular formula is C48H38N2O. The van der Waals surface area contributed by atoms with Crippen molar-refractivity contribution in [3.8, 4) is 73.0 Å². The first-order valence-electron chi connectivity index (χ1n) is 17.7. The molecule has 246 valence electrons. The van der Waals surface area contributed by atoms with Crippen LogP contribution in [-0.2, 0) is 6.42 Å². The first-order chi connectivity index (χ1) is 25.2. The summed E-state index contributed by atoms with van der Waals surface area (Å²) in [6.45, 7) is 8.97. The van der Waals surface area contributed by atoms with Crippen LogP contribution < -0.4 is 4.74 Å². The van der Waals surface area contributed by atoms with Gasteiger partial charge in [-0.15, -0.1) is 0 Å². The Morgan fingerprint density at radius 2 is 1.14 bits per heavy atom. The highest BCUT2D eigenvalue weighted by molar-refractivity contribution is 5.97. The van der Waals surface area contributed by atoms with Crippen molar-refractivity contribution in [2.45, 2.75) is 20.3 Å². The summed E-state index contributed by atoms with van der Waals surface area (Å²) in [6, 6.07) is 51.0. The predicted octanol–water partition coefficient (Wildman–Crippen LogP) is 12.4. The van der Waals surface area contributed by atoms with E-state index in [0.717, 1.165) is 68.1 Å². The van der Waals surface area contributed by atoms with Gasteiger partial charge in [0.2, 0.25) is 0 Å². The van der Waals surface area contributed by atoms with Gasteiger partial charge in [-0.3, -0.25) is 0 Å². The van der Waals surface area contributed by atoms with Crippen LogP contribution in [0, 0.1) is 0 Å². The number of aromatic nitrogens is 2. The lowest BCUT2D eigenvalue weighted by Crippen LogP contribution is -2.00. The second kappa shape index (κ2) is 13.9. The van der Waals surface area contributed by atoms with Gasteiger partial charge in [0.1, 0.15) is 12.4 Å². The lowest BCUT2D eigenvalue weighted by Gasteiger charge is -2.19. The Kier molecular flexibility index (Phi) is 8.69. The summed E-state index contributed by atoms with van der Waals surface area (Å²) in [5.41, 5.74) is 16.6. The third kappa shape index (κ3) is 6.08. The van der Waals surface area contributed by atoms with Gasteiger partial charge in [-0.2, -0.15) is 0 Å². The lowest BCUT2D eigenvalue weighted by molar-refractivity contribution is 0.365. The topological polar surface area (TPSA) is 35.0 Å². The molecular weight excluding hydrogens is 621 g/mol. The molecule has 0 saturated carbocycles. The molecule has 0 spiro atoms. The molecule has 2 heterocycles. The van der Waals surface area contributed by atoms with E-state index in [1.54, 1.807) is 0 Å². The molecule has 0 fully saturated rings. The second-order valence-electron chi connectivity index (χ2n) is 12.6. The Morgan fingerprint density at radius 3 is 1.90 bits per heavy atom. The molecule has 0 N–H and O–H groups in total. The van der Waals surface area contributed by atoms with Gasteiger partial charge in [0.25, 0.3) is 0 Å². The van der Waals surface area contributed by atoms with Crippen LogP contribution in [0.25, 0.3) is 72.9 Å². The molecule has 6 aromatic carbocycles. The minimum absolute atomic E-state index is 0.506. The van der Waals surface area contributed by atoms with Crippen LogP contribution >= 0.6 is 0 Å². The highest BCUT2D eigenvalue weighted by atomic mass is 16.5. The van der Waals surface area contributed by atoms with E-state index in [0.29, 0.717) is 12.4 Å². The van der Waals surface area contributed by atoms with Gasteiger partial charge in [-0.25, -0.2) is 9.97 Å². The molecule has 1 aromatic heterocycles. The maximum absolute atomic E-state index is 6.46. The molecule has 0 atom stereocenters. The summed E-state index contributed by atoms with van der Waals surface area (Å²) in [5.74, 6) is 1.58. The smallest absolute Gasteiger partial charge is 0.160 e. The molecule has 1 aliphatic heterocycles. The molecule has 51 heavy (non-hydrogen) atoms. The number of ether oxygens (including phenoxy) is 1. The normalized spacial score (nSPS) is 12.5. The Morgan fingerprint density at radius 1 is 0.510 bits per heavy atom. The van der Waals surface area contributed by atoms with Gasteiger partial charge >= 0.3 is 0 Å². The Labute approximate surface area is 300 Å². The fraction of sp³-hybridized carbons (Fsp3) is 0.0833. The van der Waals surface area contributed by atoms with Gasteiger partial charge in [-0.1, -0.05) is 154 Å². The number of benzene rings is 6. The predicted molar refractivity (Wildman–Crippen MR) is 212 cm³/mol. The first-order valence-corrected chi connectivity index (χ1v) is 17.7. The summed E-state index contributed by atoms with van der Waals surface area (Å²) in [6.07, 6.45) is 5.03. The van der Waals surface area contributed by atoms with Gasteiger partial charge < -0.3 is 4.74 Å². The fourth-order valence-corrected chi connectivity index (χ4v) is 7.14. The molecule has 3 nitrogen and oxygen atoms in total. The highest BCUT2D eigenvalue weighted by Gasteiger charge is 2.28. The number of fused-ring (bicyclic) bond motifs is 5. The van der Waals surface area contributed by atoms with Crippen molar-refractivity contribution in [2.75, 3.05) is 6.61 Å². The van der Waals surface area contributed by atoms with Gasteiger partial charge in [0.15, 0.2) is 5.82 Å². The molecule has 2 aliphatic rings. The van der Waals surface area contributed by atoms with Crippen LogP contribution in [0.1, 0.15) is 30.5 Å². The average molecular weight is 659 g/mol. The Bertz CT molecular complexity index is 2410. The molecule has 3 heteroatoms. The zero-order chi connectivity index (χ0) is 34.7. The summed E-state index contributed by atoms with van der Waals surface area (Å²) in [7, 11) is 0. The minimum atomic E-state index is 0.506. The lowest BCUT2D eigenvalue weighted by atomic mass is 9.89. The van der Waals surface area contributed by atoms with Gasteiger partial charge in [-0.05, 0) is 75.2 Å². The first kappa shape index (κ1) is 31.9. The molecule has 7 aromatic rings. The van der Waals surface area contributed by atoms with Crippen molar-refractivity contribution >= 4 is 5.57 Å². The summed E-state index contributed by atoms with van der Waals surface area (Å²) in [5, 5.41) is 0. The van der Waals surface area contributed by atoms with Crippen molar-refractivity contribution in [3.63, 3.8) is 0 Å². The maximum atomic E-state index is 6.46. The van der Waals surface area contributed by atoms with Gasteiger partial charge in [0.05, 0.1) is 11.4 Å². The summed E-state index contributed by atoms with van der Waals surface area (Å²) >= 11 is 0. The number of hydrogen-bond acceptors (Lipinski definition) is 3. The van der Waals surface area contributed by atoms with E-state index < -0.39 is 0 Å². The number of hydrogen-bond donors (Lipinski definition) is 0. The monoisotopic (exact) mass is 658 g/mol. The molecule has 0 amide bonds. The number of nitrogens with zero attached hydrogens (tertiary/aromatic N) is 2. The fourth-order valence-electron chi connectivity index (χ4n) is 7.14. The zero-order valence-corrected chi connectivity index (χ0v) is 28.9. The second-order valence-corrected chi connectivity index (χ2v) is 12.6. The van der Waals surface area contributed by atoms with E-state index in [1.165, 1.54) is 27.8 Å². The van der Waals surface area contributed by atoms with Gasteiger partial charge in [0, 0.05) is 27.8 Å². The molecule has 0 bridgehead atoms. The van der Waals surface area contributed by atoms with Crippen LogP contribution in [-0.4, -0.2) is 16.6 Å². The van der Waals surface area contributed by atoms with Crippen molar-refractivity contribution in [3.05, 3.63) is 181 Å². The van der Waals surface area contributed by atoms with Crippen LogP contribution in [0.2, 0.25) is 0 Å². The van der Waals surface area contributed by atoms with E-state index in [-0.39, 0.29) is 0 Å². The Balaban J connectivity index is 0.00000184. The van der Waals surface area contributed by atoms with Crippen molar-refractivity contribution in [2.24, 2.45) is 0 Å². The average Bonchev–Trinajstić information content (AvgIpc) is 3.47. The maximum Gasteiger partial charge on any atom is 0.160 e. The summed E-state index contributed by atoms with van der Waals surface area (Å²) in [4.78, 5) is 10.2. The Hall–Kier alpha value is -6.32. The van der Waals surface area contributed by atoms with Crippen molar-refractivity contribution in [1.29, 1.82) is 0 Å². The summed E-state index contributed by atoms with van der Waals surface area (Å²) < 4.78 is 6.46. The highest BCUT2D eigenvalue weighted by Crippen LogP contribution is 2.50. The van der Waals surface area contributed by atoms with E-state index in [1.807, 2.05) is 44.2 Å². The van der Waals surface area contributed by atoms with Crippen molar-refractivity contribution in [1.82, 2.24) is 9.97 Å². The molecule has 9 rings (SSSR count). The van der Waals surface area contributed by atoms with E-state index in [4.69, 9.17) is 14.7 Å². The van der Waals surface area contributed by atoms with Crippen LogP contribution in [0.3, 0.4) is 0 Å². The van der Waals surface area contributed by atoms with E-state index in [9.17, 15) is 0 Å². The molecule has 0 unspecified atom stereocenters. The van der Waals surface area contributed by atoms with E-state index in [2.05, 4.69) is 134 Å². The zero-order valence-electron chi connectivity index (χ0n) is 28.9.